The van der Waals surface area contributed by atoms with E-state index in [2.05, 4.69) is 4.98 Å². The molecular weight excluding hydrogens is 252 g/mol. The number of hydrogen-bond acceptors (Lipinski definition) is 4. The first-order chi connectivity index (χ1) is 9.86. The zero-order valence-corrected chi connectivity index (χ0v) is 10.7. The number of rotatable bonds is 4. The van der Waals surface area contributed by atoms with Gasteiger partial charge in [0.2, 0.25) is 5.89 Å². The van der Waals surface area contributed by atoms with Crippen molar-refractivity contribution in [2.75, 3.05) is 6.61 Å². The molecule has 20 heavy (non-hydrogen) atoms. The average Bonchev–Trinajstić information content (AvgIpc) is 2.92. The number of fused-ring (bicyclic) bond motifs is 1. The number of aromatic nitrogens is 1. The molecule has 0 radical (unpaired) electrons. The topological polar surface area (TPSA) is 59.0 Å². The molecule has 0 aliphatic carbocycles. The third-order valence-corrected chi connectivity index (χ3v) is 2.86. The molecule has 98 valence electrons. The van der Waals surface area contributed by atoms with E-state index in [0.29, 0.717) is 30.3 Å². The van der Waals surface area contributed by atoms with Crippen LogP contribution in [0.15, 0.2) is 52.9 Å². The molecule has 0 aliphatic rings. The van der Waals surface area contributed by atoms with Crippen molar-refractivity contribution in [2.24, 2.45) is 0 Å². The molecule has 0 N–H and O–H groups in total. The average molecular weight is 264 g/mol. The molecule has 0 unspecified atom stereocenters. The number of hydrogen-bond donors (Lipinski definition) is 0. The van der Waals surface area contributed by atoms with Crippen LogP contribution >= 0.6 is 0 Å². The Morgan fingerprint density at radius 3 is 2.80 bits per heavy atom. The van der Waals surface area contributed by atoms with Gasteiger partial charge in [-0.25, -0.2) is 4.98 Å². The third kappa shape index (κ3) is 2.47. The summed E-state index contributed by atoms with van der Waals surface area (Å²) in [4.78, 5) is 4.45. The van der Waals surface area contributed by atoms with E-state index < -0.39 is 0 Å². The van der Waals surface area contributed by atoms with Crippen LogP contribution in [0.1, 0.15) is 6.42 Å². The summed E-state index contributed by atoms with van der Waals surface area (Å²) in [6.07, 6.45) is 0.365. The molecule has 3 rings (SSSR count). The van der Waals surface area contributed by atoms with Gasteiger partial charge in [-0.05, 0) is 24.3 Å². The van der Waals surface area contributed by atoms with Crippen LogP contribution in [0.25, 0.3) is 22.6 Å². The van der Waals surface area contributed by atoms with Gasteiger partial charge in [-0.2, -0.15) is 5.26 Å². The van der Waals surface area contributed by atoms with E-state index in [1.165, 1.54) is 0 Å². The molecule has 1 aromatic heterocycles. The fourth-order valence-electron chi connectivity index (χ4n) is 1.91. The normalized spacial score (nSPS) is 10.3. The van der Waals surface area contributed by atoms with E-state index in [4.69, 9.17) is 14.4 Å². The summed E-state index contributed by atoms with van der Waals surface area (Å²) < 4.78 is 11.2. The minimum absolute atomic E-state index is 0.365. The second-order valence-electron chi connectivity index (χ2n) is 4.27. The van der Waals surface area contributed by atoms with Gasteiger partial charge in [0.15, 0.2) is 5.58 Å². The number of benzene rings is 2. The lowest BCUT2D eigenvalue weighted by molar-refractivity contribution is 0.326. The lowest BCUT2D eigenvalue weighted by Crippen LogP contribution is -1.94. The number of nitriles is 1. The third-order valence-electron chi connectivity index (χ3n) is 2.86. The number of ether oxygens (including phenoxy) is 1. The van der Waals surface area contributed by atoms with Crippen LogP contribution in [-0.4, -0.2) is 11.6 Å². The highest BCUT2D eigenvalue weighted by molar-refractivity contribution is 5.77. The lowest BCUT2D eigenvalue weighted by atomic mass is 10.2. The van der Waals surface area contributed by atoms with Crippen LogP contribution in [0.2, 0.25) is 0 Å². The van der Waals surface area contributed by atoms with Gasteiger partial charge in [-0.1, -0.05) is 18.2 Å². The molecule has 0 atom stereocenters. The fourth-order valence-corrected chi connectivity index (χ4v) is 1.91. The van der Waals surface area contributed by atoms with Gasteiger partial charge in [0.1, 0.15) is 17.9 Å². The maximum Gasteiger partial charge on any atom is 0.227 e. The highest BCUT2D eigenvalue weighted by Gasteiger charge is 2.08. The first-order valence-electron chi connectivity index (χ1n) is 6.32. The van der Waals surface area contributed by atoms with Crippen LogP contribution in [0.4, 0.5) is 0 Å². The molecular formula is C16H12N2O2. The summed E-state index contributed by atoms with van der Waals surface area (Å²) in [6.45, 7) is 0.377. The van der Waals surface area contributed by atoms with Crippen molar-refractivity contribution in [3.63, 3.8) is 0 Å². The lowest BCUT2D eigenvalue weighted by Gasteiger charge is -2.01. The minimum Gasteiger partial charge on any atom is -0.492 e. The Morgan fingerprint density at radius 2 is 2.00 bits per heavy atom. The Labute approximate surface area is 116 Å². The van der Waals surface area contributed by atoms with Crippen LogP contribution < -0.4 is 4.74 Å². The van der Waals surface area contributed by atoms with Crippen LogP contribution in [0.3, 0.4) is 0 Å². The van der Waals surface area contributed by atoms with Gasteiger partial charge in [-0.3, -0.25) is 0 Å². The second kappa shape index (κ2) is 5.45. The fraction of sp³-hybridized carbons (Fsp3) is 0.125. The molecule has 0 bridgehead atoms. The Hall–Kier alpha value is -2.80. The predicted octanol–water partition coefficient (Wildman–Crippen LogP) is 3.79. The molecule has 0 saturated carbocycles. The molecule has 0 fully saturated rings. The number of nitrogens with zero attached hydrogens (tertiary/aromatic N) is 2. The second-order valence-corrected chi connectivity index (χ2v) is 4.27. The van der Waals surface area contributed by atoms with E-state index in [1.54, 1.807) is 6.07 Å². The minimum atomic E-state index is 0.365. The van der Waals surface area contributed by atoms with Crippen LogP contribution in [-0.2, 0) is 0 Å². The smallest absolute Gasteiger partial charge is 0.227 e. The first kappa shape index (κ1) is 12.2. The van der Waals surface area contributed by atoms with Gasteiger partial charge < -0.3 is 9.15 Å². The molecule has 4 nitrogen and oxygen atoms in total. The monoisotopic (exact) mass is 264 g/mol. The predicted molar refractivity (Wildman–Crippen MR) is 75.2 cm³/mol. The van der Waals surface area contributed by atoms with Gasteiger partial charge in [0, 0.05) is 11.6 Å². The Morgan fingerprint density at radius 1 is 1.15 bits per heavy atom. The van der Waals surface area contributed by atoms with Crippen molar-refractivity contribution >= 4 is 11.1 Å². The summed E-state index contributed by atoms with van der Waals surface area (Å²) in [6, 6.07) is 17.3. The highest BCUT2D eigenvalue weighted by atomic mass is 16.5. The molecule has 0 aliphatic heterocycles. The van der Waals surface area contributed by atoms with Crippen molar-refractivity contribution in [1.82, 2.24) is 4.98 Å². The molecule has 0 amide bonds. The summed E-state index contributed by atoms with van der Waals surface area (Å²) >= 11 is 0. The summed E-state index contributed by atoms with van der Waals surface area (Å²) in [5, 5.41) is 8.49. The van der Waals surface area contributed by atoms with Crippen LogP contribution in [0, 0.1) is 11.3 Å². The zero-order chi connectivity index (χ0) is 13.8. The van der Waals surface area contributed by atoms with Crippen molar-refractivity contribution < 1.29 is 9.15 Å². The molecule has 0 saturated heterocycles. The van der Waals surface area contributed by atoms with E-state index >= 15 is 0 Å². The van der Waals surface area contributed by atoms with E-state index in [0.717, 1.165) is 11.1 Å². The molecule has 2 aromatic carbocycles. The van der Waals surface area contributed by atoms with Gasteiger partial charge in [0.25, 0.3) is 0 Å². The van der Waals surface area contributed by atoms with E-state index in [-0.39, 0.29) is 0 Å². The molecule has 4 heteroatoms. The van der Waals surface area contributed by atoms with Crippen LogP contribution in [0.5, 0.6) is 5.75 Å². The Bertz CT molecular complexity index is 757. The molecule has 3 aromatic rings. The van der Waals surface area contributed by atoms with Crippen molar-refractivity contribution in [2.45, 2.75) is 6.42 Å². The summed E-state index contributed by atoms with van der Waals surface area (Å²) in [5.74, 6) is 1.28. The number of oxazole rings is 1. The maximum absolute atomic E-state index is 8.49. The van der Waals surface area contributed by atoms with Gasteiger partial charge in [0.05, 0.1) is 12.5 Å². The van der Waals surface area contributed by atoms with Crippen molar-refractivity contribution in [3.8, 4) is 23.3 Å². The van der Waals surface area contributed by atoms with Gasteiger partial charge >= 0.3 is 0 Å². The Balaban J connectivity index is 1.90. The summed E-state index contributed by atoms with van der Waals surface area (Å²) in [7, 11) is 0. The SMILES string of the molecule is N#CCCOc1ccc2nc(-c3ccccc3)oc2c1. The summed E-state index contributed by atoms with van der Waals surface area (Å²) in [5.41, 5.74) is 2.41. The Kier molecular flexibility index (Phi) is 3.34. The van der Waals surface area contributed by atoms with E-state index in [1.807, 2.05) is 48.5 Å². The largest absolute Gasteiger partial charge is 0.492 e. The zero-order valence-electron chi connectivity index (χ0n) is 10.7. The quantitative estimate of drug-likeness (QED) is 0.673. The van der Waals surface area contributed by atoms with E-state index in [9.17, 15) is 0 Å². The highest BCUT2D eigenvalue weighted by Crippen LogP contribution is 2.26. The van der Waals surface area contributed by atoms with Crippen molar-refractivity contribution in [1.29, 1.82) is 5.26 Å². The maximum atomic E-state index is 8.49. The molecule has 0 spiro atoms. The van der Waals surface area contributed by atoms with Gasteiger partial charge in [-0.15, -0.1) is 0 Å². The van der Waals surface area contributed by atoms with Crippen molar-refractivity contribution in [3.05, 3.63) is 48.5 Å². The first-order valence-corrected chi connectivity index (χ1v) is 6.32. The molecule has 1 heterocycles. The standard InChI is InChI=1S/C16H12N2O2/c17-9-4-10-19-13-7-8-14-15(11-13)20-16(18-14)12-5-2-1-3-6-12/h1-3,5-8,11H,4,10H2.